The number of benzene rings is 1. The summed E-state index contributed by atoms with van der Waals surface area (Å²) in [6.45, 7) is 3.08. The molecule has 2 rings (SSSR count). The minimum absolute atomic E-state index is 0.563. The molecule has 0 aliphatic carbocycles. The summed E-state index contributed by atoms with van der Waals surface area (Å²) >= 11 is 0. The van der Waals surface area contributed by atoms with E-state index >= 15 is 0 Å². The third-order valence-electron chi connectivity index (χ3n) is 3.13. The molecule has 1 aromatic rings. The van der Waals surface area contributed by atoms with Crippen LogP contribution >= 0.6 is 0 Å². The zero-order valence-electron chi connectivity index (χ0n) is 10.7. The summed E-state index contributed by atoms with van der Waals surface area (Å²) in [4.78, 5) is 0. The summed E-state index contributed by atoms with van der Waals surface area (Å²) in [5, 5.41) is 0. The first kappa shape index (κ1) is 13.1. The number of hydrogen-bond acceptors (Lipinski definition) is 3. The molecule has 1 saturated heterocycles. The summed E-state index contributed by atoms with van der Waals surface area (Å²) < 4.78 is 11.2. The molecule has 0 radical (unpaired) electrons. The van der Waals surface area contributed by atoms with E-state index in [4.69, 9.17) is 15.2 Å². The van der Waals surface area contributed by atoms with Gasteiger partial charge in [-0.25, -0.2) is 0 Å². The van der Waals surface area contributed by atoms with Crippen molar-refractivity contribution in [2.24, 2.45) is 11.7 Å². The molecule has 2 N–H and O–H groups in total. The van der Waals surface area contributed by atoms with E-state index in [0.29, 0.717) is 12.5 Å². The predicted octanol–water partition coefficient (Wildman–Crippen LogP) is 2.46. The van der Waals surface area contributed by atoms with E-state index in [0.717, 1.165) is 44.0 Å². The summed E-state index contributed by atoms with van der Waals surface area (Å²) in [6, 6.07) is 8.10. The molecule has 18 heavy (non-hydrogen) atoms. The summed E-state index contributed by atoms with van der Waals surface area (Å²) in [5.74, 6) is 1.56. The zero-order chi connectivity index (χ0) is 12.6. The van der Waals surface area contributed by atoms with Crippen LogP contribution in [-0.2, 0) is 4.74 Å². The van der Waals surface area contributed by atoms with Gasteiger partial charge in [0.2, 0.25) is 0 Å². The Labute approximate surface area is 109 Å². The van der Waals surface area contributed by atoms with Crippen LogP contribution in [0.4, 0.5) is 0 Å². The molecular weight excluding hydrogens is 226 g/mol. The quantitative estimate of drug-likeness (QED) is 0.869. The smallest absolute Gasteiger partial charge is 0.119 e. The van der Waals surface area contributed by atoms with Gasteiger partial charge in [0.15, 0.2) is 0 Å². The van der Waals surface area contributed by atoms with Crippen LogP contribution in [0.3, 0.4) is 0 Å². The van der Waals surface area contributed by atoms with E-state index < -0.39 is 0 Å². The minimum atomic E-state index is 0.563. The van der Waals surface area contributed by atoms with Crippen LogP contribution in [0.25, 0.3) is 6.08 Å². The lowest BCUT2D eigenvalue weighted by Gasteiger charge is -2.22. The molecule has 0 bridgehead atoms. The Morgan fingerprint density at radius 3 is 2.94 bits per heavy atom. The van der Waals surface area contributed by atoms with Crippen LogP contribution in [0.2, 0.25) is 0 Å². The molecule has 0 saturated carbocycles. The summed E-state index contributed by atoms with van der Waals surface area (Å²) in [5.41, 5.74) is 6.57. The normalized spacial score (nSPS) is 17.2. The molecule has 1 heterocycles. The third kappa shape index (κ3) is 4.17. The van der Waals surface area contributed by atoms with Gasteiger partial charge in [-0.3, -0.25) is 0 Å². The Morgan fingerprint density at radius 2 is 2.17 bits per heavy atom. The first-order valence-electron chi connectivity index (χ1n) is 6.55. The van der Waals surface area contributed by atoms with Crippen LogP contribution in [0.5, 0.6) is 5.75 Å². The molecule has 0 unspecified atom stereocenters. The molecule has 0 aromatic heterocycles. The first-order chi connectivity index (χ1) is 8.88. The van der Waals surface area contributed by atoms with Crippen LogP contribution in [0.1, 0.15) is 18.4 Å². The minimum Gasteiger partial charge on any atom is -0.493 e. The number of nitrogens with two attached hydrogens (primary N) is 1. The third-order valence-corrected chi connectivity index (χ3v) is 3.13. The second-order valence-electron chi connectivity index (χ2n) is 4.58. The summed E-state index contributed by atoms with van der Waals surface area (Å²) in [7, 11) is 0. The molecular formula is C15H21NO2. The van der Waals surface area contributed by atoms with Gasteiger partial charge < -0.3 is 15.2 Å². The summed E-state index contributed by atoms with van der Waals surface area (Å²) in [6.07, 6.45) is 6.17. The fourth-order valence-corrected chi connectivity index (χ4v) is 2.04. The van der Waals surface area contributed by atoms with Crippen molar-refractivity contribution in [2.45, 2.75) is 12.8 Å². The van der Waals surface area contributed by atoms with Gasteiger partial charge in [-0.2, -0.15) is 0 Å². The van der Waals surface area contributed by atoms with E-state index in [1.54, 1.807) is 0 Å². The standard InChI is InChI=1S/C15H21NO2/c16-8-2-4-13-3-1-5-15(11-13)18-12-14-6-9-17-10-7-14/h1-5,11,14H,6-10,12,16H2/b4-2+. The molecule has 1 aliphatic heterocycles. The topological polar surface area (TPSA) is 44.5 Å². The lowest BCUT2D eigenvalue weighted by atomic mass is 10.0. The van der Waals surface area contributed by atoms with Gasteiger partial charge in [0.25, 0.3) is 0 Å². The number of rotatable bonds is 5. The van der Waals surface area contributed by atoms with Gasteiger partial charge >= 0.3 is 0 Å². The van der Waals surface area contributed by atoms with Gasteiger partial charge in [-0.15, -0.1) is 0 Å². The van der Waals surface area contributed by atoms with Crippen molar-refractivity contribution in [3.63, 3.8) is 0 Å². The van der Waals surface area contributed by atoms with Crippen molar-refractivity contribution in [1.82, 2.24) is 0 Å². The highest BCUT2D eigenvalue weighted by Gasteiger charge is 2.14. The van der Waals surface area contributed by atoms with Crippen molar-refractivity contribution in [3.05, 3.63) is 35.9 Å². The average molecular weight is 247 g/mol. The largest absolute Gasteiger partial charge is 0.493 e. The zero-order valence-corrected chi connectivity index (χ0v) is 10.7. The van der Waals surface area contributed by atoms with Crippen LogP contribution in [-0.4, -0.2) is 26.4 Å². The van der Waals surface area contributed by atoms with Crippen molar-refractivity contribution >= 4 is 6.08 Å². The molecule has 0 amide bonds. The highest BCUT2D eigenvalue weighted by atomic mass is 16.5. The monoisotopic (exact) mass is 247 g/mol. The molecule has 1 aromatic carbocycles. The fraction of sp³-hybridized carbons (Fsp3) is 0.467. The van der Waals surface area contributed by atoms with Crippen molar-refractivity contribution < 1.29 is 9.47 Å². The van der Waals surface area contributed by atoms with E-state index in [-0.39, 0.29) is 0 Å². The van der Waals surface area contributed by atoms with Crippen LogP contribution < -0.4 is 10.5 Å². The highest BCUT2D eigenvalue weighted by molar-refractivity contribution is 5.51. The molecule has 0 atom stereocenters. The van der Waals surface area contributed by atoms with Crippen LogP contribution in [0.15, 0.2) is 30.3 Å². The van der Waals surface area contributed by atoms with Gasteiger partial charge in [0, 0.05) is 19.8 Å². The second-order valence-corrected chi connectivity index (χ2v) is 4.58. The fourth-order valence-electron chi connectivity index (χ4n) is 2.04. The number of ether oxygens (including phenoxy) is 2. The predicted molar refractivity (Wildman–Crippen MR) is 73.6 cm³/mol. The molecule has 0 spiro atoms. The van der Waals surface area contributed by atoms with E-state index in [1.165, 1.54) is 0 Å². The van der Waals surface area contributed by atoms with Crippen molar-refractivity contribution in [3.8, 4) is 5.75 Å². The van der Waals surface area contributed by atoms with Gasteiger partial charge in [-0.1, -0.05) is 24.3 Å². The second kappa shape index (κ2) is 7.19. The molecule has 98 valence electrons. The molecule has 1 aliphatic rings. The lowest BCUT2D eigenvalue weighted by Crippen LogP contribution is -2.21. The van der Waals surface area contributed by atoms with E-state index in [2.05, 4.69) is 0 Å². The maximum atomic E-state index is 5.85. The van der Waals surface area contributed by atoms with Crippen molar-refractivity contribution in [1.29, 1.82) is 0 Å². The lowest BCUT2D eigenvalue weighted by molar-refractivity contribution is 0.0497. The molecule has 3 nitrogen and oxygen atoms in total. The maximum Gasteiger partial charge on any atom is 0.119 e. The van der Waals surface area contributed by atoms with Gasteiger partial charge in [-0.05, 0) is 36.5 Å². The SMILES string of the molecule is NC/C=C/c1cccc(OCC2CCOCC2)c1. The van der Waals surface area contributed by atoms with Crippen LogP contribution in [0, 0.1) is 5.92 Å². The van der Waals surface area contributed by atoms with Gasteiger partial charge in [0.05, 0.1) is 6.61 Å². The Morgan fingerprint density at radius 1 is 1.33 bits per heavy atom. The Hall–Kier alpha value is -1.32. The van der Waals surface area contributed by atoms with E-state index in [1.807, 2.05) is 36.4 Å². The van der Waals surface area contributed by atoms with Crippen molar-refractivity contribution in [2.75, 3.05) is 26.4 Å². The Balaban J connectivity index is 1.86. The maximum absolute atomic E-state index is 5.85. The Bertz CT molecular complexity index is 384. The van der Waals surface area contributed by atoms with Gasteiger partial charge in [0.1, 0.15) is 5.75 Å². The molecule has 3 heteroatoms. The molecule has 1 fully saturated rings. The highest BCUT2D eigenvalue weighted by Crippen LogP contribution is 2.19. The van der Waals surface area contributed by atoms with E-state index in [9.17, 15) is 0 Å². The number of hydrogen-bond donors (Lipinski definition) is 1. The average Bonchev–Trinajstić information content (AvgIpc) is 2.44. The first-order valence-corrected chi connectivity index (χ1v) is 6.55. The Kier molecular flexibility index (Phi) is 5.24.